The van der Waals surface area contributed by atoms with Crippen LogP contribution in [-0.4, -0.2) is 49.0 Å². The van der Waals surface area contributed by atoms with Gasteiger partial charge in [-0.05, 0) is 56.3 Å². The van der Waals surface area contributed by atoms with E-state index in [1.165, 1.54) is 26.4 Å². The quantitative estimate of drug-likeness (QED) is 0.269. The molecule has 0 aliphatic rings. The van der Waals surface area contributed by atoms with Crippen LogP contribution in [0.15, 0.2) is 77.4 Å². The van der Waals surface area contributed by atoms with E-state index < -0.39 is 17.1 Å². The van der Waals surface area contributed by atoms with Gasteiger partial charge in [-0.15, -0.1) is 0 Å². The van der Waals surface area contributed by atoms with Crippen LogP contribution in [0, 0.1) is 11.3 Å². The number of nitrogens with zero attached hydrogens (tertiary/aromatic N) is 6. The number of para-hydroxylation sites is 1. The van der Waals surface area contributed by atoms with Crippen LogP contribution in [0.4, 0.5) is 5.82 Å². The lowest BCUT2D eigenvalue weighted by molar-refractivity contribution is -0.125. The van der Waals surface area contributed by atoms with E-state index in [0.29, 0.717) is 28.4 Å². The topological polar surface area (TPSA) is 158 Å². The number of hydrogen-bond donors (Lipinski definition) is 2. The number of fused-ring (bicyclic) bond motifs is 1. The Morgan fingerprint density at radius 1 is 1.13 bits per heavy atom. The number of anilines is 1. The molecule has 4 aromatic rings. The lowest BCUT2D eigenvalue weighted by Crippen LogP contribution is -2.36. The smallest absolute Gasteiger partial charge is 0.335 e. The summed E-state index contributed by atoms with van der Waals surface area (Å²) in [6.07, 6.45) is 2.70. The van der Waals surface area contributed by atoms with Gasteiger partial charge in [0.25, 0.3) is 5.91 Å². The zero-order chi connectivity index (χ0) is 27.4. The number of carbonyl (C=O) groups excluding carboxylic acids is 1. The summed E-state index contributed by atoms with van der Waals surface area (Å²) in [7, 11) is 1.55. The summed E-state index contributed by atoms with van der Waals surface area (Å²) in [5.74, 6) is 0.934. The van der Waals surface area contributed by atoms with E-state index in [0.717, 1.165) is 0 Å². The molecule has 0 unspecified atom stereocenters. The number of nitrogens with two attached hydrogens (primary N) is 2. The summed E-state index contributed by atoms with van der Waals surface area (Å²) in [4.78, 5) is 36.1. The largest absolute Gasteiger partial charge is 0.457 e. The first-order valence-corrected chi connectivity index (χ1v) is 11.8. The molecule has 0 spiro atoms. The third kappa shape index (κ3) is 5.55. The van der Waals surface area contributed by atoms with Gasteiger partial charge in [-0.1, -0.05) is 18.2 Å². The minimum Gasteiger partial charge on any atom is -0.457 e. The average molecular weight is 513 g/mol. The van der Waals surface area contributed by atoms with E-state index in [-0.39, 0.29) is 24.5 Å². The second kappa shape index (κ2) is 10.6. The van der Waals surface area contributed by atoms with Crippen LogP contribution in [0.5, 0.6) is 11.5 Å². The van der Waals surface area contributed by atoms with Crippen molar-refractivity contribution in [1.82, 2.24) is 24.0 Å². The fraction of sp³-hybridized carbons (Fsp3) is 0.222. The molecule has 4 rings (SSSR count). The molecule has 38 heavy (non-hydrogen) atoms. The lowest BCUT2D eigenvalue weighted by atomic mass is 10.0. The van der Waals surface area contributed by atoms with Gasteiger partial charge in [-0.25, -0.2) is 14.8 Å². The maximum absolute atomic E-state index is 13.6. The highest BCUT2D eigenvalue weighted by molar-refractivity contribution is 5.97. The Morgan fingerprint density at radius 3 is 2.42 bits per heavy atom. The number of aromatic nitrogens is 4. The molecular formula is C27H28N8O3. The number of rotatable bonds is 8. The Kier molecular flexibility index (Phi) is 7.27. The van der Waals surface area contributed by atoms with Crippen LogP contribution in [-0.2, 0) is 11.3 Å². The summed E-state index contributed by atoms with van der Waals surface area (Å²) in [5.41, 5.74) is 12.0. The number of nitriles is 1. The molecule has 11 heteroatoms. The maximum atomic E-state index is 13.6. The van der Waals surface area contributed by atoms with Crippen LogP contribution in [0.2, 0.25) is 0 Å². The molecule has 2 aromatic heterocycles. The highest BCUT2D eigenvalue weighted by Gasteiger charge is 2.22. The number of ether oxygens (including phenoxy) is 1. The van der Waals surface area contributed by atoms with Gasteiger partial charge in [-0.2, -0.15) is 5.26 Å². The van der Waals surface area contributed by atoms with E-state index in [1.54, 1.807) is 45.2 Å². The van der Waals surface area contributed by atoms with Gasteiger partial charge < -0.3 is 21.1 Å². The fourth-order valence-corrected chi connectivity index (χ4v) is 3.90. The molecule has 1 amide bonds. The number of hydrogen-bond acceptors (Lipinski definition) is 8. The first-order valence-electron chi connectivity index (χ1n) is 11.8. The number of carbonyl (C=O) groups is 1. The van der Waals surface area contributed by atoms with Crippen molar-refractivity contribution in [3.8, 4) is 23.3 Å². The Labute approximate surface area is 219 Å². The standard InChI is InChI=1S/C27H28N8O3/c1-27(2,30)15-18(16-28)25(36)33(3)13-14-34-24-22(23(29)31-17-32-24)35(26(34)37)19-9-11-21(12-10-19)38-20-7-5-4-6-8-20/h4-12,15,17H,13-14,30H2,1-3H3,(H2,29,31,32)/b18-15+. The number of imidazole rings is 1. The van der Waals surface area contributed by atoms with E-state index in [1.807, 2.05) is 36.4 Å². The number of nitrogen functional groups attached to an aromatic ring is 1. The van der Waals surface area contributed by atoms with E-state index in [4.69, 9.17) is 16.2 Å². The normalized spacial score (nSPS) is 11.8. The Hall–Kier alpha value is -4.95. The number of benzene rings is 2. The Balaban J connectivity index is 1.64. The fourth-order valence-electron chi connectivity index (χ4n) is 3.90. The molecule has 4 N–H and O–H groups in total. The highest BCUT2D eigenvalue weighted by atomic mass is 16.5. The summed E-state index contributed by atoms with van der Waals surface area (Å²) in [5, 5.41) is 9.42. The molecule has 0 saturated heterocycles. The van der Waals surface area contributed by atoms with Gasteiger partial charge in [0.15, 0.2) is 11.5 Å². The van der Waals surface area contributed by atoms with Crippen molar-refractivity contribution in [3.63, 3.8) is 0 Å². The number of amides is 1. The monoisotopic (exact) mass is 512 g/mol. The highest BCUT2D eigenvalue weighted by Crippen LogP contribution is 2.25. The van der Waals surface area contributed by atoms with Gasteiger partial charge in [0, 0.05) is 25.7 Å². The van der Waals surface area contributed by atoms with Crippen molar-refractivity contribution in [2.24, 2.45) is 5.73 Å². The summed E-state index contributed by atoms with van der Waals surface area (Å²) in [6.45, 7) is 3.63. The van der Waals surface area contributed by atoms with Gasteiger partial charge in [0.1, 0.15) is 35.0 Å². The van der Waals surface area contributed by atoms with Crippen LogP contribution in [0.25, 0.3) is 16.9 Å². The Morgan fingerprint density at radius 2 is 1.79 bits per heavy atom. The van der Waals surface area contributed by atoms with Crippen molar-refractivity contribution < 1.29 is 9.53 Å². The van der Waals surface area contributed by atoms with Gasteiger partial charge >= 0.3 is 5.69 Å². The van der Waals surface area contributed by atoms with Crippen LogP contribution < -0.4 is 21.9 Å². The zero-order valence-corrected chi connectivity index (χ0v) is 21.3. The van der Waals surface area contributed by atoms with E-state index in [9.17, 15) is 14.9 Å². The van der Waals surface area contributed by atoms with Crippen molar-refractivity contribution in [1.29, 1.82) is 5.26 Å². The predicted octanol–water partition coefficient (Wildman–Crippen LogP) is 2.60. The van der Waals surface area contributed by atoms with Crippen LogP contribution >= 0.6 is 0 Å². The summed E-state index contributed by atoms with van der Waals surface area (Å²) in [6, 6.07) is 18.2. The first-order chi connectivity index (χ1) is 18.1. The average Bonchev–Trinajstić information content (AvgIpc) is 3.18. The van der Waals surface area contributed by atoms with Crippen molar-refractivity contribution in [3.05, 3.63) is 83.1 Å². The van der Waals surface area contributed by atoms with Gasteiger partial charge in [0.2, 0.25) is 0 Å². The minimum absolute atomic E-state index is 0.0702. The second-order valence-electron chi connectivity index (χ2n) is 9.33. The van der Waals surface area contributed by atoms with E-state index in [2.05, 4.69) is 9.97 Å². The molecular weight excluding hydrogens is 484 g/mol. The SMILES string of the molecule is CN(CCn1c(=O)n(-c2ccc(Oc3ccccc3)cc2)c2c(N)ncnc21)C(=O)/C(C#N)=C/C(C)(C)N. The maximum Gasteiger partial charge on any atom is 0.335 e. The molecule has 194 valence electrons. The van der Waals surface area contributed by atoms with Gasteiger partial charge in [-0.3, -0.25) is 13.9 Å². The molecule has 0 bridgehead atoms. The van der Waals surface area contributed by atoms with E-state index >= 15 is 0 Å². The third-order valence-corrected chi connectivity index (χ3v) is 5.68. The minimum atomic E-state index is -0.831. The lowest BCUT2D eigenvalue weighted by Gasteiger charge is -2.19. The summed E-state index contributed by atoms with van der Waals surface area (Å²) < 4.78 is 8.70. The van der Waals surface area contributed by atoms with Gasteiger partial charge in [0.05, 0.1) is 5.69 Å². The van der Waals surface area contributed by atoms with Crippen molar-refractivity contribution in [2.75, 3.05) is 19.3 Å². The third-order valence-electron chi connectivity index (χ3n) is 5.68. The molecule has 0 saturated carbocycles. The number of likely N-dealkylation sites (N-methyl/N-ethyl adjacent to an activating group) is 1. The molecule has 11 nitrogen and oxygen atoms in total. The molecule has 0 aliphatic carbocycles. The first kappa shape index (κ1) is 26.1. The Bertz CT molecular complexity index is 1590. The molecule has 0 radical (unpaired) electrons. The van der Waals surface area contributed by atoms with Crippen molar-refractivity contribution in [2.45, 2.75) is 25.9 Å². The van der Waals surface area contributed by atoms with Crippen molar-refractivity contribution >= 4 is 22.9 Å². The predicted molar refractivity (Wildman–Crippen MR) is 144 cm³/mol. The molecule has 0 atom stereocenters. The van der Waals surface area contributed by atoms with Crippen LogP contribution in [0.3, 0.4) is 0 Å². The molecule has 0 aliphatic heterocycles. The second-order valence-corrected chi connectivity index (χ2v) is 9.33. The van der Waals surface area contributed by atoms with Crippen LogP contribution in [0.1, 0.15) is 13.8 Å². The zero-order valence-electron chi connectivity index (χ0n) is 21.3. The molecule has 0 fully saturated rings. The molecule has 2 aromatic carbocycles. The summed E-state index contributed by atoms with van der Waals surface area (Å²) >= 11 is 0. The molecule has 2 heterocycles.